The molecule has 1 aromatic heterocycles. The van der Waals surface area contributed by atoms with Gasteiger partial charge in [0.2, 0.25) is 5.91 Å². The number of hydrogen-bond acceptors (Lipinski definition) is 3. The Bertz CT molecular complexity index is 576. The van der Waals surface area contributed by atoms with E-state index in [1.54, 1.807) is 0 Å². The minimum Gasteiger partial charge on any atom is -0.356 e. The second kappa shape index (κ2) is 6.73. The van der Waals surface area contributed by atoms with Crippen LogP contribution in [-0.4, -0.2) is 30.0 Å². The van der Waals surface area contributed by atoms with Crippen molar-refractivity contribution in [3.63, 3.8) is 0 Å². The van der Waals surface area contributed by atoms with E-state index in [9.17, 15) is 4.79 Å². The summed E-state index contributed by atoms with van der Waals surface area (Å²) >= 11 is 0. The van der Waals surface area contributed by atoms with Crippen LogP contribution < -0.4 is 10.2 Å². The van der Waals surface area contributed by atoms with E-state index < -0.39 is 0 Å². The van der Waals surface area contributed by atoms with Gasteiger partial charge in [0.05, 0.1) is 5.92 Å². The number of aromatic nitrogens is 1. The molecule has 4 rings (SSSR count). The average molecular weight is 327 g/mol. The predicted molar refractivity (Wildman–Crippen MR) is 95.7 cm³/mol. The zero-order chi connectivity index (χ0) is 16.5. The maximum absolute atomic E-state index is 12.8. The number of carbonyl (C=O) groups is 1. The predicted octanol–water partition coefficient (Wildman–Crippen LogP) is 3.24. The van der Waals surface area contributed by atoms with E-state index in [2.05, 4.69) is 22.1 Å². The topological polar surface area (TPSA) is 45.2 Å². The zero-order valence-corrected chi connectivity index (χ0v) is 14.7. The number of nitrogens with zero attached hydrogens (tertiary/aromatic N) is 2. The summed E-state index contributed by atoms with van der Waals surface area (Å²) in [7, 11) is 0. The van der Waals surface area contributed by atoms with Crippen molar-refractivity contribution in [2.24, 2.45) is 23.7 Å². The Morgan fingerprint density at radius 1 is 1.29 bits per heavy atom. The van der Waals surface area contributed by atoms with Gasteiger partial charge in [-0.1, -0.05) is 12.5 Å². The Labute approximate surface area is 145 Å². The molecule has 5 atom stereocenters. The molecule has 3 fully saturated rings. The van der Waals surface area contributed by atoms with E-state index in [4.69, 9.17) is 0 Å². The lowest BCUT2D eigenvalue weighted by molar-refractivity contribution is -0.126. The number of piperidine rings is 1. The molecule has 1 N–H and O–H groups in total. The van der Waals surface area contributed by atoms with Gasteiger partial charge in [-0.05, 0) is 68.9 Å². The van der Waals surface area contributed by atoms with Crippen molar-refractivity contribution in [2.45, 2.75) is 51.5 Å². The van der Waals surface area contributed by atoms with Crippen LogP contribution in [0.4, 0.5) is 5.82 Å². The summed E-state index contributed by atoms with van der Waals surface area (Å²) in [6.45, 7) is 4.03. The first kappa shape index (κ1) is 15.9. The molecular formula is C20H29N3O. The van der Waals surface area contributed by atoms with Crippen molar-refractivity contribution in [3.05, 3.63) is 24.4 Å². The molecule has 1 aromatic rings. The lowest BCUT2D eigenvalue weighted by atomic mass is 9.83. The number of pyridine rings is 1. The van der Waals surface area contributed by atoms with Crippen molar-refractivity contribution in [1.82, 2.24) is 10.3 Å². The first-order valence-corrected chi connectivity index (χ1v) is 9.67. The SMILES string of the molecule is CC(NC(=O)C1CCCN(c2ccccn2)C1)C1CC2CCC1C2. The molecule has 1 amide bonds. The van der Waals surface area contributed by atoms with Gasteiger partial charge in [-0.15, -0.1) is 0 Å². The van der Waals surface area contributed by atoms with Gasteiger partial charge in [-0.3, -0.25) is 4.79 Å². The summed E-state index contributed by atoms with van der Waals surface area (Å²) in [5.41, 5.74) is 0. The first-order valence-electron chi connectivity index (χ1n) is 9.67. The number of hydrogen-bond donors (Lipinski definition) is 1. The first-order chi connectivity index (χ1) is 11.7. The second-order valence-electron chi connectivity index (χ2n) is 8.11. The van der Waals surface area contributed by atoms with Crippen LogP contribution in [0.15, 0.2) is 24.4 Å². The van der Waals surface area contributed by atoms with Crippen molar-refractivity contribution in [2.75, 3.05) is 18.0 Å². The largest absolute Gasteiger partial charge is 0.356 e. The number of anilines is 1. The van der Waals surface area contributed by atoms with Crippen LogP contribution >= 0.6 is 0 Å². The van der Waals surface area contributed by atoms with E-state index >= 15 is 0 Å². The van der Waals surface area contributed by atoms with Gasteiger partial charge < -0.3 is 10.2 Å². The van der Waals surface area contributed by atoms with E-state index in [1.165, 1.54) is 25.7 Å². The molecule has 4 heteroatoms. The molecule has 2 saturated carbocycles. The fourth-order valence-electron chi connectivity index (χ4n) is 5.30. The van der Waals surface area contributed by atoms with Gasteiger partial charge in [0.15, 0.2) is 0 Å². The lowest BCUT2D eigenvalue weighted by Crippen LogP contribution is -2.47. The van der Waals surface area contributed by atoms with Crippen LogP contribution in [0.25, 0.3) is 0 Å². The van der Waals surface area contributed by atoms with Gasteiger partial charge in [0.1, 0.15) is 5.82 Å². The monoisotopic (exact) mass is 327 g/mol. The Morgan fingerprint density at radius 2 is 2.21 bits per heavy atom. The quantitative estimate of drug-likeness (QED) is 0.923. The van der Waals surface area contributed by atoms with Gasteiger partial charge >= 0.3 is 0 Å². The molecule has 130 valence electrons. The van der Waals surface area contributed by atoms with E-state index in [0.29, 0.717) is 12.0 Å². The maximum atomic E-state index is 12.8. The summed E-state index contributed by atoms with van der Waals surface area (Å²) < 4.78 is 0. The zero-order valence-electron chi connectivity index (χ0n) is 14.7. The van der Waals surface area contributed by atoms with Crippen molar-refractivity contribution >= 4 is 11.7 Å². The second-order valence-corrected chi connectivity index (χ2v) is 8.11. The molecule has 4 nitrogen and oxygen atoms in total. The number of carbonyl (C=O) groups excluding carboxylic acids is 1. The Balaban J connectivity index is 1.34. The Kier molecular flexibility index (Phi) is 4.47. The summed E-state index contributed by atoms with van der Waals surface area (Å²) in [5.74, 6) is 3.86. The number of fused-ring (bicyclic) bond motifs is 2. The number of nitrogens with one attached hydrogen (secondary N) is 1. The smallest absolute Gasteiger partial charge is 0.225 e. The molecular weight excluding hydrogens is 298 g/mol. The summed E-state index contributed by atoms with van der Waals surface area (Å²) in [6.07, 6.45) is 9.43. The van der Waals surface area contributed by atoms with Crippen molar-refractivity contribution < 1.29 is 4.79 Å². The van der Waals surface area contributed by atoms with Gasteiger partial charge in [0.25, 0.3) is 0 Å². The number of amides is 1. The van der Waals surface area contributed by atoms with Crippen LogP contribution in [0, 0.1) is 23.7 Å². The highest BCUT2D eigenvalue weighted by Crippen LogP contribution is 2.49. The normalized spacial score (nSPS) is 33.5. The standard InChI is InChI=1S/C20H29N3O/c1-14(18-12-15-7-8-16(18)11-15)22-20(24)17-5-4-10-23(13-17)19-6-2-3-9-21-19/h2-3,6,9,14-18H,4-5,7-8,10-13H2,1H3,(H,22,24). The van der Waals surface area contributed by atoms with E-state index in [0.717, 1.165) is 43.6 Å². The molecule has 0 spiro atoms. The van der Waals surface area contributed by atoms with Crippen molar-refractivity contribution in [3.8, 4) is 0 Å². The van der Waals surface area contributed by atoms with Crippen LogP contribution in [0.2, 0.25) is 0 Å². The Morgan fingerprint density at radius 3 is 2.92 bits per heavy atom. The highest BCUT2D eigenvalue weighted by molar-refractivity contribution is 5.79. The third-order valence-corrected chi connectivity index (χ3v) is 6.57. The molecule has 24 heavy (non-hydrogen) atoms. The van der Waals surface area contributed by atoms with Crippen LogP contribution in [0.5, 0.6) is 0 Å². The molecule has 2 heterocycles. The van der Waals surface area contributed by atoms with E-state index in [1.807, 2.05) is 24.4 Å². The third-order valence-electron chi connectivity index (χ3n) is 6.57. The van der Waals surface area contributed by atoms with Gasteiger partial charge in [-0.2, -0.15) is 0 Å². The maximum Gasteiger partial charge on any atom is 0.225 e. The summed E-state index contributed by atoms with van der Waals surface area (Å²) in [6, 6.07) is 6.33. The van der Waals surface area contributed by atoms with Crippen molar-refractivity contribution in [1.29, 1.82) is 0 Å². The average Bonchev–Trinajstić information content (AvgIpc) is 3.26. The molecule has 2 aliphatic carbocycles. The van der Waals surface area contributed by atoms with Crippen LogP contribution in [0.3, 0.4) is 0 Å². The van der Waals surface area contributed by atoms with Gasteiger partial charge in [-0.25, -0.2) is 4.98 Å². The molecule has 1 saturated heterocycles. The minimum absolute atomic E-state index is 0.0989. The summed E-state index contributed by atoms with van der Waals surface area (Å²) in [5, 5.41) is 3.36. The minimum atomic E-state index is 0.0989. The third kappa shape index (κ3) is 3.15. The fourth-order valence-corrected chi connectivity index (χ4v) is 5.30. The van der Waals surface area contributed by atoms with Crippen LogP contribution in [-0.2, 0) is 4.79 Å². The lowest BCUT2D eigenvalue weighted by Gasteiger charge is -2.35. The summed E-state index contributed by atoms with van der Waals surface area (Å²) in [4.78, 5) is 19.5. The molecule has 1 aliphatic heterocycles. The van der Waals surface area contributed by atoms with E-state index in [-0.39, 0.29) is 11.8 Å². The highest BCUT2D eigenvalue weighted by atomic mass is 16.2. The molecule has 5 unspecified atom stereocenters. The fraction of sp³-hybridized carbons (Fsp3) is 0.700. The molecule has 2 bridgehead atoms. The molecule has 0 radical (unpaired) electrons. The molecule has 3 aliphatic rings. The molecule has 0 aromatic carbocycles. The highest BCUT2D eigenvalue weighted by Gasteiger charge is 2.42. The van der Waals surface area contributed by atoms with Gasteiger partial charge in [0, 0.05) is 25.3 Å². The Hall–Kier alpha value is -1.58. The number of rotatable bonds is 4. The van der Waals surface area contributed by atoms with Crippen LogP contribution in [0.1, 0.15) is 45.4 Å².